The lowest BCUT2D eigenvalue weighted by atomic mass is 10.3. The van der Waals surface area contributed by atoms with Gasteiger partial charge in [0.1, 0.15) is 6.61 Å². The molecule has 0 radical (unpaired) electrons. The molecule has 0 bridgehead atoms. The van der Waals surface area contributed by atoms with Crippen molar-refractivity contribution in [3.05, 3.63) is 7.11 Å². The second-order valence-corrected chi connectivity index (χ2v) is 3.27. The molecule has 0 saturated heterocycles. The van der Waals surface area contributed by atoms with E-state index in [1.165, 1.54) is 0 Å². The van der Waals surface area contributed by atoms with E-state index in [-0.39, 0.29) is 0 Å². The predicted octanol–water partition coefficient (Wildman–Crippen LogP) is 1.54. The Morgan fingerprint density at radius 2 is 1.33 bits per heavy atom. The Bertz CT molecular complexity index is 140. The first-order valence-electron chi connectivity index (χ1n) is 4.16. The van der Waals surface area contributed by atoms with Crippen LogP contribution < -0.4 is 0 Å². The Morgan fingerprint density at radius 1 is 1.07 bits per heavy atom. The molecule has 92 valence electrons. The monoisotopic (exact) mass is 232 g/mol. The van der Waals surface area contributed by atoms with Gasteiger partial charge in [-0.15, -0.1) is 0 Å². The fourth-order valence-electron chi connectivity index (χ4n) is 0.865. The highest BCUT2D eigenvalue weighted by Gasteiger charge is 2.20. The van der Waals surface area contributed by atoms with Crippen molar-refractivity contribution in [1.82, 2.24) is 9.80 Å². The molecule has 8 heteroatoms. The molecule has 0 aromatic rings. The topological polar surface area (TPSA) is 15.7 Å². The van der Waals surface area contributed by atoms with Gasteiger partial charge in [0.05, 0.1) is 6.17 Å². The van der Waals surface area contributed by atoms with Gasteiger partial charge in [-0.25, -0.2) is 0 Å². The number of nitrogens with zero attached hydrogens (tertiary/aromatic N) is 2. The Morgan fingerprint density at radius 3 is 1.40 bits per heavy atom. The van der Waals surface area contributed by atoms with Crippen LogP contribution in [-0.4, -0.2) is 58.0 Å². The highest BCUT2D eigenvalue weighted by Crippen LogP contribution is 2.06. The Labute approximate surface area is 88.1 Å². The Balaban J connectivity index is 0. The third kappa shape index (κ3) is 16.2. The maximum absolute atomic E-state index is 9.75. The van der Waals surface area contributed by atoms with E-state index < -0.39 is 7.25 Å². The van der Waals surface area contributed by atoms with Crippen LogP contribution in [0.5, 0.6) is 0 Å². The third-order valence-corrected chi connectivity index (χ3v) is 1.46. The SMILES string of the molecule is F[B-](F)(F)F.[CH2+]OCC(N(C)C)N(C)C. The van der Waals surface area contributed by atoms with E-state index in [1.54, 1.807) is 0 Å². The van der Waals surface area contributed by atoms with Crippen LogP contribution in [0.3, 0.4) is 0 Å². The Hall–Kier alpha value is -0.465. The van der Waals surface area contributed by atoms with Crippen molar-refractivity contribution in [2.24, 2.45) is 0 Å². The number of halogens is 4. The minimum Gasteiger partial charge on any atom is -0.418 e. The summed E-state index contributed by atoms with van der Waals surface area (Å²) in [5, 5.41) is 0. The van der Waals surface area contributed by atoms with Crippen LogP contribution in [0.15, 0.2) is 0 Å². The van der Waals surface area contributed by atoms with Gasteiger partial charge < -0.3 is 17.3 Å². The summed E-state index contributed by atoms with van der Waals surface area (Å²) in [5.41, 5.74) is 0. The minimum atomic E-state index is -6.00. The molecule has 0 aliphatic heterocycles. The first-order chi connectivity index (χ1) is 6.59. The fraction of sp³-hybridized carbons (Fsp3) is 0.857. The average molecular weight is 232 g/mol. The van der Waals surface area contributed by atoms with Crippen LogP contribution in [-0.2, 0) is 4.74 Å². The summed E-state index contributed by atoms with van der Waals surface area (Å²) in [7, 11) is 5.41. The number of hydrogen-bond acceptors (Lipinski definition) is 3. The first-order valence-corrected chi connectivity index (χ1v) is 4.16. The molecule has 15 heavy (non-hydrogen) atoms. The molecular formula is C7H17BF4N2O. The number of hydrogen-bond donors (Lipinski definition) is 0. The van der Waals surface area contributed by atoms with Crippen molar-refractivity contribution in [2.75, 3.05) is 34.8 Å². The molecule has 0 atom stereocenters. The summed E-state index contributed by atoms with van der Waals surface area (Å²) in [6.45, 7) is 0.639. The smallest absolute Gasteiger partial charge is 0.418 e. The van der Waals surface area contributed by atoms with Crippen LogP contribution in [0.25, 0.3) is 0 Å². The lowest BCUT2D eigenvalue weighted by Gasteiger charge is -2.28. The molecule has 0 amide bonds. The van der Waals surface area contributed by atoms with Crippen LogP contribution in [0.2, 0.25) is 0 Å². The zero-order chi connectivity index (χ0) is 12.6. The number of rotatable bonds is 4. The van der Waals surface area contributed by atoms with Crippen molar-refractivity contribution < 1.29 is 22.0 Å². The molecule has 0 aromatic heterocycles. The van der Waals surface area contributed by atoms with Crippen molar-refractivity contribution >= 4 is 7.25 Å². The van der Waals surface area contributed by atoms with E-state index in [0.717, 1.165) is 0 Å². The molecule has 0 N–H and O–H groups in total. The van der Waals surface area contributed by atoms with Gasteiger partial charge in [-0.2, -0.15) is 4.74 Å². The predicted molar refractivity (Wildman–Crippen MR) is 52.7 cm³/mol. The van der Waals surface area contributed by atoms with E-state index in [2.05, 4.69) is 16.9 Å². The standard InChI is InChI=1S/C7H17N2O.BF4/c1-8(2)7(6-10-5)9(3)4;2-1(3,4)5/h7H,5-6H2,1-4H3;/q+1;-1. The van der Waals surface area contributed by atoms with Crippen molar-refractivity contribution in [3.63, 3.8) is 0 Å². The van der Waals surface area contributed by atoms with E-state index in [9.17, 15) is 17.3 Å². The highest BCUT2D eigenvalue weighted by atomic mass is 19.5. The minimum absolute atomic E-state index is 0.317. The molecule has 0 fully saturated rings. The lowest BCUT2D eigenvalue weighted by molar-refractivity contribution is 0.0541. The van der Waals surface area contributed by atoms with Gasteiger partial charge in [0.25, 0.3) is 0 Å². The summed E-state index contributed by atoms with van der Waals surface area (Å²) in [6.07, 6.45) is 0.317. The van der Waals surface area contributed by atoms with Gasteiger partial charge >= 0.3 is 7.25 Å². The number of ether oxygens (including phenoxy) is 1. The second kappa shape index (κ2) is 7.78. The van der Waals surface area contributed by atoms with Crippen LogP contribution in [0, 0.1) is 7.11 Å². The second-order valence-electron chi connectivity index (χ2n) is 3.27. The molecule has 0 saturated carbocycles. The van der Waals surface area contributed by atoms with Crippen LogP contribution in [0.4, 0.5) is 17.3 Å². The molecule has 0 heterocycles. The van der Waals surface area contributed by atoms with Crippen molar-refractivity contribution in [2.45, 2.75) is 6.17 Å². The molecule has 0 unspecified atom stereocenters. The molecule has 0 aromatic carbocycles. The normalized spacial score (nSPS) is 11.9. The average Bonchev–Trinajstić information content (AvgIpc) is 1.95. The van der Waals surface area contributed by atoms with E-state index in [4.69, 9.17) is 4.74 Å². The summed E-state index contributed by atoms with van der Waals surface area (Å²) >= 11 is 0. The molecule has 0 aliphatic rings. The lowest BCUT2D eigenvalue weighted by Crippen LogP contribution is -2.43. The quantitative estimate of drug-likeness (QED) is 0.316. The highest BCUT2D eigenvalue weighted by molar-refractivity contribution is 6.50. The van der Waals surface area contributed by atoms with Crippen molar-refractivity contribution in [1.29, 1.82) is 0 Å². The molecule has 3 nitrogen and oxygen atoms in total. The molecular weight excluding hydrogens is 215 g/mol. The maximum Gasteiger partial charge on any atom is 0.673 e. The third-order valence-electron chi connectivity index (χ3n) is 1.46. The van der Waals surface area contributed by atoms with Gasteiger partial charge in [0.2, 0.25) is 7.11 Å². The summed E-state index contributed by atoms with van der Waals surface area (Å²) in [6, 6.07) is 0. The van der Waals surface area contributed by atoms with Gasteiger partial charge in [-0.05, 0) is 28.2 Å². The van der Waals surface area contributed by atoms with E-state index >= 15 is 0 Å². The molecule has 0 rings (SSSR count). The van der Waals surface area contributed by atoms with Gasteiger partial charge in [0.15, 0.2) is 0 Å². The van der Waals surface area contributed by atoms with E-state index in [0.29, 0.717) is 12.8 Å². The van der Waals surface area contributed by atoms with Gasteiger partial charge in [0, 0.05) is 0 Å². The molecule has 0 aliphatic carbocycles. The molecule has 0 spiro atoms. The summed E-state index contributed by atoms with van der Waals surface area (Å²) in [4.78, 5) is 4.18. The largest absolute Gasteiger partial charge is 0.673 e. The van der Waals surface area contributed by atoms with E-state index in [1.807, 2.05) is 28.2 Å². The van der Waals surface area contributed by atoms with Crippen molar-refractivity contribution in [3.8, 4) is 0 Å². The summed E-state index contributed by atoms with van der Waals surface area (Å²) in [5.74, 6) is 0. The zero-order valence-corrected chi connectivity index (χ0v) is 9.38. The van der Waals surface area contributed by atoms with Crippen LogP contribution in [0.1, 0.15) is 0 Å². The fourth-order valence-corrected chi connectivity index (χ4v) is 0.865. The zero-order valence-electron chi connectivity index (χ0n) is 9.38. The number of likely N-dealkylation sites (N-methyl/N-ethyl adjacent to an activating group) is 2. The first kappa shape index (κ1) is 16.9. The van der Waals surface area contributed by atoms with Gasteiger partial charge in [-0.3, -0.25) is 9.80 Å². The maximum atomic E-state index is 9.75. The summed E-state index contributed by atoms with van der Waals surface area (Å²) < 4.78 is 43.8. The van der Waals surface area contributed by atoms with Gasteiger partial charge in [-0.1, -0.05) is 0 Å². The Kier molecular flexibility index (Phi) is 8.79. The van der Waals surface area contributed by atoms with Crippen LogP contribution >= 0.6 is 0 Å².